The Balaban J connectivity index is 2.08. The summed E-state index contributed by atoms with van der Waals surface area (Å²) in [5.41, 5.74) is 11.1. The molecule has 0 aromatic heterocycles. The molecule has 1 aliphatic heterocycles. The lowest BCUT2D eigenvalue weighted by Gasteiger charge is -2.23. The second kappa shape index (κ2) is 4.94. The second-order valence-electron chi connectivity index (χ2n) is 5.66. The number of hydrogen-bond acceptors (Lipinski definition) is 4. The average molecular weight is 277 g/mol. The van der Waals surface area contributed by atoms with Crippen molar-refractivity contribution in [1.29, 1.82) is 0 Å². The van der Waals surface area contributed by atoms with Crippen molar-refractivity contribution >= 4 is 11.5 Å². The van der Waals surface area contributed by atoms with Gasteiger partial charge >= 0.3 is 0 Å². The number of hydrazine groups is 1. The van der Waals surface area contributed by atoms with Crippen LogP contribution in [0.15, 0.2) is 11.2 Å². The first-order valence-electron chi connectivity index (χ1n) is 6.98. The maximum Gasteiger partial charge on any atom is 0.157 e. The quantitative estimate of drug-likeness (QED) is 0.332. The number of rotatable bonds is 4. The lowest BCUT2D eigenvalue weighted by atomic mass is 10.0. The third kappa shape index (κ3) is 2.20. The summed E-state index contributed by atoms with van der Waals surface area (Å²) in [6.07, 6.45) is 3.46. The van der Waals surface area contributed by atoms with Crippen molar-refractivity contribution in [1.82, 2.24) is 5.53 Å². The van der Waals surface area contributed by atoms with Crippen molar-refractivity contribution in [2.24, 2.45) is 22.6 Å². The lowest BCUT2D eigenvalue weighted by molar-refractivity contribution is 0.614. The number of nitrogens with one attached hydrogen (secondary N) is 1. The predicted molar refractivity (Wildman–Crippen MR) is 77.8 cm³/mol. The maximum atomic E-state index is 14.5. The van der Waals surface area contributed by atoms with E-state index in [1.165, 1.54) is 12.8 Å². The van der Waals surface area contributed by atoms with Gasteiger partial charge in [-0.1, -0.05) is 6.07 Å². The number of fused-ring (bicyclic) bond motifs is 1. The molecule has 5 nitrogen and oxygen atoms in total. The zero-order valence-electron chi connectivity index (χ0n) is 11.6. The van der Waals surface area contributed by atoms with Gasteiger partial charge in [0.1, 0.15) is 5.82 Å². The normalized spacial score (nSPS) is 18.4. The molecular formula is C14H20FN5. The van der Waals surface area contributed by atoms with Gasteiger partial charge in [0.15, 0.2) is 5.84 Å². The molecule has 20 heavy (non-hydrogen) atoms. The van der Waals surface area contributed by atoms with Gasteiger partial charge in [-0.2, -0.15) is 0 Å². The predicted octanol–water partition coefficient (Wildman–Crippen LogP) is 0.990. The highest BCUT2D eigenvalue weighted by atomic mass is 19.1. The highest BCUT2D eigenvalue weighted by Gasteiger charge is 2.32. The van der Waals surface area contributed by atoms with Crippen LogP contribution in [0.4, 0.5) is 10.1 Å². The van der Waals surface area contributed by atoms with Gasteiger partial charge in [-0.05, 0) is 43.2 Å². The van der Waals surface area contributed by atoms with E-state index in [9.17, 15) is 4.39 Å². The minimum atomic E-state index is -0.303. The number of anilines is 1. The van der Waals surface area contributed by atoms with Gasteiger partial charge in [0.2, 0.25) is 0 Å². The van der Waals surface area contributed by atoms with E-state index in [1.807, 2.05) is 6.07 Å². The van der Waals surface area contributed by atoms with Crippen LogP contribution in [0.2, 0.25) is 0 Å². The third-order valence-corrected chi connectivity index (χ3v) is 4.08. The smallest absolute Gasteiger partial charge is 0.157 e. The minimum absolute atomic E-state index is 0.104. The molecule has 2 aliphatic rings. The molecule has 0 unspecified atom stereocenters. The second-order valence-corrected chi connectivity index (χ2v) is 5.66. The molecule has 5 N–H and O–H groups in total. The van der Waals surface area contributed by atoms with E-state index in [2.05, 4.69) is 15.5 Å². The van der Waals surface area contributed by atoms with Gasteiger partial charge < -0.3 is 10.6 Å². The van der Waals surface area contributed by atoms with Crippen LogP contribution in [0.3, 0.4) is 0 Å². The number of nitrogens with two attached hydrogens (primary N) is 2. The minimum Gasteiger partial charge on any atom is -0.382 e. The summed E-state index contributed by atoms with van der Waals surface area (Å²) in [7, 11) is 0. The molecule has 0 bridgehead atoms. The molecule has 1 aromatic carbocycles. The number of aryl methyl sites for hydroxylation is 1. The molecule has 0 atom stereocenters. The summed E-state index contributed by atoms with van der Waals surface area (Å²) in [5.74, 6) is 5.71. The number of hydrogen-bond donors (Lipinski definition) is 3. The Bertz CT molecular complexity index is 565. The standard InChI is InChI=1S/C14H20FN5/c1-8-6-10-4-5-20(7-9-2-3-9)13(10)11(12(8)15)14(16)18-19-17/h6,9,19H,2-5,7,17H2,1H3,(H2,16,18). The first-order valence-corrected chi connectivity index (χ1v) is 6.98. The van der Waals surface area contributed by atoms with Crippen LogP contribution in [-0.2, 0) is 6.42 Å². The number of benzene rings is 1. The van der Waals surface area contributed by atoms with Gasteiger partial charge in [-0.25, -0.2) is 15.8 Å². The fraction of sp³-hybridized carbons (Fsp3) is 0.500. The summed E-state index contributed by atoms with van der Waals surface area (Å²) >= 11 is 0. The zero-order valence-corrected chi connectivity index (χ0v) is 11.6. The Hall–Kier alpha value is -1.82. The maximum absolute atomic E-state index is 14.5. The molecule has 0 amide bonds. The molecule has 0 radical (unpaired) electrons. The van der Waals surface area contributed by atoms with E-state index >= 15 is 0 Å². The first kappa shape index (κ1) is 13.2. The molecule has 1 aliphatic carbocycles. The number of nitrogens with zero attached hydrogens (tertiary/aromatic N) is 2. The van der Waals surface area contributed by atoms with Gasteiger partial charge in [0.25, 0.3) is 0 Å². The summed E-state index contributed by atoms with van der Waals surface area (Å²) < 4.78 is 14.5. The van der Waals surface area contributed by atoms with Crippen LogP contribution in [0, 0.1) is 18.7 Å². The van der Waals surface area contributed by atoms with E-state index in [0.29, 0.717) is 11.1 Å². The van der Waals surface area contributed by atoms with Gasteiger partial charge in [-0.3, -0.25) is 0 Å². The van der Waals surface area contributed by atoms with Crippen LogP contribution in [-0.4, -0.2) is 18.9 Å². The van der Waals surface area contributed by atoms with Crippen LogP contribution in [0.25, 0.3) is 0 Å². The molecule has 1 heterocycles. The molecule has 6 heteroatoms. The SMILES string of the molecule is Cc1cc2c(c(/C(N)=N/NN)c1F)N(CC1CC1)CC2. The molecule has 0 spiro atoms. The zero-order chi connectivity index (χ0) is 14.3. The Morgan fingerprint density at radius 1 is 1.55 bits per heavy atom. The highest BCUT2D eigenvalue weighted by molar-refractivity contribution is 6.04. The average Bonchev–Trinajstić information content (AvgIpc) is 3.14. The van der Waals surface area contributed by atoms with Gasteiger partial charge in [0.05, 0.1) is 11.3 Å². The van der Waals surface area contributed by atoms with Crippen molar-refractivity contribution in [3.63, 3.8) is 0 Å². The summed E-state index contributed by atoms with van der Waals surface area (Å²) in [6, 6.07) is 1.92. The lowest BCUT2D eigenvalue weighted by Crippen LogP contribution is -2.29. The van der Waals surface area contributed by atoms with Crippen molar-refractivity contribution in [2.75, 3.05) is 18.0 Å². The molecule has 0 saturated heterocycles. The number of amidine groups is 1. The molecule has 1 fully saturated rings. The van der Waals surface area contributed by atoms with Gasteiger partial charge in [0, 0.05) is 13.1 Å². The third-order valence-electron chi connectivity index (χ3n) is 4.08. The fourth-order valence-corrected chi connectivity index (χ4v) is 2.93. The molecule has 3 rings (SSSR count). The monoisotopic (exact) mass is 277 g/mol. The van der Waals surface area contributed by atoms with Crippen LogP contribution >= 0.6 is 0 Å². The van der Waals surface area contributed by atoms with Crippen molar-refractivity contribution in [3.05, 3.63) is 28.6 Å². The van der Waals surface area contributed by atoms with Crippen molar-refractivity contribution < 1.29 is 4.39 Å². The Morgan fingerprint density at radius 3 is 2.95 bits per heavy atom. The number of hydrazone groups is 1. The van der Waals surface area contributed by atoms with Crippen LogP contribution in [0.5, 0.6) is 0 Å². The van der Waals surface area contributed by atoms with E-state index in [1.54, 1.807) is 6.92 Å². The van der Waals surface area contributed by atoms with Crippen LogP contribution < -0.4 is 22.0 Å². The summed E-state index contributed by atoms with van der Waals surface area (Å²) in [6.45, 7) is 3.66. The molecule has 1 aromatic rings. The summed E-state index contributed by atoms with van der Waals surface area (Å²) in [4.78, 5) is 2.24. The Kier molecular flexibility index (Phi) is 3.25. The van der Waals surface area contributed by atoms with Crippen LogP contribution in [0.1, 0.15) is 29.5 Å². The highest BCUT2D eigenvalue weighted by Crippen LogP contribution is 2.38. The number of halogens is 1. The van der Waals surface area contributed by atoms with Crippen molar-refractivity contribution in [2.45, 2.75) is 26.2 Å². The molecular weight excluding hydrogens is 257 g/mol. The van der Waals surface area contributed by atoms with E-state index in [-0.39, 0.29) is 11.7 Å². The Labute approximate surface area is 117 Å². The molecule has 108 valence electrons. The van der Waals surface area contributed by atoms with E-state index in [4.69, 9.17) is 11.6 Å². The van der Waals surface area contributed by atoms with E-state index < -0.39 is 0 Å². The Morgan fingerprint density at radius 2 is 2.30 bits per heavy atom. The fourth-order valence-electron chi connectivity index (χ4n) is 2.93. The first-order chi connectivity index (χ1) is 9.61. The van der Waals surface area contributed by atoms with Crippen molar-refractivity contribution in [3.8, 4) is 0 Å². The topological polar surface area (TPSA) is 79.7 Å². The summed E-state index contributed by atoms with van der Waals surface area (Å²) in [5, 5.41) is 3.76. The largest absolute Gasteiger partial charge is 0.382 e. The van der Waals surface area contributed by atoms with E-state index in [0.717, 1.165) is 36.7 Å². The van der Waals surface area contributed by atoms with Gasteiger partial charge in [-0.15, -0.1) is 5.10 Å². The molecule has 1 saturated carbocycles.